The summed E-state index contributed by atoms with van der Waals surface area (Å²) >= 11 is 6.71. The summed E-state index contributed by atoms with van der Waals surface area (Å²) in [5.41, 5.74) is 2.50. The van der Waals surface area contributed by atoms with Crippen LogP contribution >= 0.6 is 38.6 Å². The van der Waals surface area contributed by atoms with Crippen LogP contribution in [0.2, 0.25) is 0 Å². The summed E-state index contributed by atoms with van der Waals surface area (Å²) in [5.74, 6) is -0.419. The second-order valence-corrected chi connectivity index (χ2v) is 17.1. The summed E-state index contributed by atoms with van der Waals surface area (Å²) in [5, 5.41) is 5.82. The van der Waals surface area contributed by atoms with Gasteiger partial charge in [-0.15, -0.1) is 22.7 Å². The number of fused-ring (bicyclic) bond motifs is 2. The molecule has 0 radical (unpaired) electrons. The first kappa shape index (κ1) is 35.9. The molecule has 0 N–H and O–H groups in total. The van der Waals surface area contributed by atoms with E-state index in [1.54, 1.807) is 40.9 Å². The number of ether oxygens (including phenoxy) is 2. The molecule has 0 unspecified atom stereocenters. The molecule has 5 aromatic carbocycles. The number of carbonyl (C=O) groups is 1. The maximum absolute atomic E-state index is 14.5. The molecule has 0 bridgehead atoms. The highest BCUT2D eigenvalue weighted by Gasteiger charge is 2.40. The quantitative estimate of drug-likeness (QED) is 0.0804. The van der Waals surface area contributed by atoms with Crippen molar-refractivity contribution >= 4 is 80.3 Å². The summed E-state index contributed by atoms with van der Waals surface area (Å²) in [7, 11) is -3.72. The molecule has 2 heterocycles. The Morgan fingerprint density at radius 1 is 0.712 bits per heavy atom. The van der Waals surface area contributed by atoms with Gasteiger partial charge in [0.15, 0.2) is 5.78 Å². The SMILES string of the molecule is CC(Oc1csc2ccccc12)(Oc1csc2ccccc12)N(CC(=O)c1ccc(Br)c(N(Cc2ccccc2)S(C)(=O)=O)c1)Cc1ccccc1. The molecule has 0 saturated heterocycles. The van der Waals surface area contributed by atoms with Crippen molar-refractivity contribution in [1.82, 2.24) is 4.90 Å². The van der Waals surface area contributed by atoms with Gasteiger partial charge in [-0.1, -0.05) is 91.0 Å². The average molecular weight is 812 g/mol. The number of hydrogen-bond donors (Lipinski definition) is 0. The van der Waals surface area contributed by atoms with Crippen molar-refractivity contribution in [3.63, 3.8) is 0 Å². The van der Waals surface area contributed by atoms with E-state index in [1.807, 2.05) is 132 Å². The van der Waals surface area contributed by atoms with Gasteiger partial charge >= 0.3 is 5.91 Å². The molecular formula is C41H35BrN2O5S3. The third kappa shape index (κ3) is 7.94. The lowest BCUT2D eigenvalue weighted by Gasteiger charge is -2.40. The molecule has 52 heavy (non-hydrogen) atoms. The van der Waals surface area contributed by atoms with E-state index in [4.69, 9.17) is 9.47 Å². The normalized spacial score (nSPS) is 12.0. The molecule has 0 saturated carbocycles. The minimum atomic E-state index is -3.72. The summed E-state index contributed by atoms with van der Waals surface area (Å²) in [6.07, 6.45) is 1.17. The number of nitrogens with zero attached hydrogens (tertiary/aromatic N) is 2. The van der Waals surface area contributed by atoms with Crippen molar-refractivity contribution in [3.8, 4) is 11.5 Å². The molecule has 0 atom stereocenters. The number of halogens is 1. The van der Waals surface area contributed by atoms with Crippen LogP contribution in [0, 0.1) is 0 Å². The van der Waals surface area contributed by atoms with Crippen molar-refractivity contribution in [2.24, 2.45) is 0 Å². The van der Waals surface area contributed by atoms with Crippen molar-refractivity contribution in [2.45, 2.75) is 25.9 Å². The van der Waals surface area contributed by atoms with E-state index in [1.165, 1.54) is 10.6 Å². The fourth-order valence-electron chi connectivity index (χ4n) is 6.04. The Kier molecular flexibility index (Phi) is 10.5. The second kappa shape index (κ2) is 15.2. The molecule has 0 fully saturated rings. The van der Waals surface area contributed by atoms with E-state index in [-0.39, 0.29) is 18.9 Å². The molecule has 0 amide bonds. The van der Waals surface area contributed by atoms with E-state index in [0.29, 0.717) is 33.8 Å². The molecule has 0 spiro atoms. The summed E-state index contributed by atoms with van der Waals surface area (Å²) in [4.78, 5) is 16.4. The Morgan fingerprint density at radius 2 is 1.21 bits per heavy atom. The van der Waals surface area contributed by atoms with Gasteiger partial charge in [0.2, 0.25) is 10.0 Å². The zero-order valence-electron chi connectivity index (χ0n) is 28.4. The van der Waals surface area contributed by atoms with Crippen molar-refractivity contribution < 1.29 is 22.7 Å². The zero-order chi connectivity index (χ0) is 36.3. The number of anilines is 1. The first-order valence-electron chi connectivity index (χ1n) is 16.5. The molecule has 7 nitrogen and oxygen atoms in total. The lowest BCUT2D eigenvalue weighted by atomic mass is 10.1. The third-order valence-corrected chi connectivity index (χ3v) is 12.4. The van der Waals surface area contributed by atoms with Crippen LogP contribution in [0.3, 0.4) is 0 Å². The highest BCUT2D eigenvalue weighted by molar-refractivity contribution is 9.10. The van der Waals surface area contributed by atoms with E-state index < -0.39 is 15.9 Å². The molecule has 0 aliphatic carbocycles. The van der Waals surface area contributed by atoms with Crippen LogP contribution in [0.5, 0.6) is 11.5 Å². The van der Waals surface area contributed by atoms with Gasteiger partial charge in [-0.05, 0) is 63.5 Å². The van der Waals surface area contributed by atoms with Gasteiger partial charge in [-0.2, -0.15) is 0 Å². The topological polar surface area (TPSA) is 76.2 Å². The van der Waals surface area contributed by atoms with E-state index >= 15 is 0 Å². The minimum Gasteiger partial charge on any atom is -0.438 e. The Hall–Kier alpha value is -4.52. The van der Waals surface area contributed by atoms with Crippen molar-refractivity contribution in [1.29, 1.82) is 0 Å². The van der Waals surface area contributed by atoms with Crippen LogP contribution in [0.4, 0.5) is 5.69 Å². The van der Waals surface area contributed by atoms with E-state index in [9.17, 15) is 13.2 Å². The number of Topliss-reactive ketones (excluding diaryl/α,β-unsaturated/α-hetero) is 1. The number of hydrogen-bond acceptors (Lipinski definition) is 8. The van der Waals surface area contributed by atoms with Gasteiger partial charge in [-0.25, -0.2) is 13.3 Å². The highest BCUT2D eigenvalue weighted by Crippen LogP contribution is 2.40. The lowest BCUT2D eigenvalue weighted by Crippen LogP contribution is -2.56. The third-order valence-electron chi connectivity index (χ3n) is 8.72. The predicted octanol–water partition coefficient (Wildman–Crippen LogP) is 10.4. The number of rotatable bonds is 14. The molecule has 11 heteroatoms. The first-order chi connectivity index (χ1) is 25.1. The molecule has 0 aliphatic rings. The zero-order valence-corrected chi connectivity index (χ0v) is 32.5. The first-order valence-corrected chi connectivity index (χ1v) is 20.9. The van der Waals surface area contributed by atoms with Crippen LogP contribution in [0.15, 0.2) is 143 Å². The number of benzene rings is 5. The van der Waals surface area contributed by atoms with Crippen LogP contribution < -0.4 is 13.8 Å². The monoisotopic (exact) mass is 810 g/mol. The average Bonchev–Trinajstić information content (AvgIpc) is 3.74. The largest absolute Gasteiger partial charge is 0.438 e. The molecule has 7 rings (SSSR count). The Morgan fingerprint density at radius 3 is 1.75 bits per heavy atom. The summed E-state index contributed by atoms with van der Waals surface area (Å²) < 4.78 is 44.1. The summed E-state index contributed by atoms with van der Waals surface area (Å²) in [6.45, 7) is 2.17. The lowest BCUT2D eigenvalue weighted by molar-refractivity contribution is -0.209. The molecule has 7 aromatic rings. The van der Waals surface area contributed by atoms with Gasteiger partial charge < -0.3 is 9.47 Å². The molecule has 0 aliphatic heterocycles. The second-order valence-electron chi connectivity index (χ2n) is 12.5. The maximum atomic E-state index is 14.5. The van der Waals surface area contributed by atoms with Crippen LogP contribution in [-0.4, -0.2) is 37.8 Å². The van der Waals surface area contributed by atoms with Crippen molar-refractivity contribution in [3.05, 3.63) is 159 Å². The van der Waals surface area contributed by atoms with Gasteiger partial charge in [0.1, 0.15) is 11.5 Å². The predicted molar refractivity (Wildman–Crippen MR) is 216 cm³/mol. The molecule has 264 valence electrons. The molecular weight excluding hydrogens is 777 g/mol. The van der Waals surface area contributed by atoms with Crippen LogP contribution in [-0.2, 0) is 23.1 Å². The van der Waals surface area contributed by atoms with Gasteiger partial charge in [0, 0.05) is 54.4 Å². The van der Waals surface area contributed by atoms with Crippen molar-refractivity contribution in [2.75, 3.05) is 17.1 Å². The Bertz CT molecular complexity index is 2370. The van der Waals surface area contributed by atoms with E-state index in [0.717, 1.165) is 31.3 Å². The fraction of sp³-hybridized carbons (Fsp3) is 0.146. The number of carbonyl (C=O) groups excluding carboxylic acids is 1. The highest BCUT2D eigenvalue weighted by atomic mass is 79.9. The van der Waals surface area contributed by atoms with Crippen LogP contribution in [0.25, 0.3) is 20.2 Å². The van der Waals surface area contributed by atoms with E-state index in [2.05, 4.69) is 15.9 Å². The maximum Gasteiger partial charge on any atom is 0.313 e. The smallest absolute Gasteiger partial charge is 0.313 e. The summed E-state index contributed by atoms with van der Waals surface area (Å²) in [6, 6.07) is 40.3. The Balaban J connectivity index is 1.29. The molecule has 2 aromatic heterocycles. The Labute approximate surface area is 319 Å². The van der Waals surface area contributed by atoms with Gasteiger partial charge in [-0.3, -0.25) is 9.10 Å². The minimum absolute atomic E-state index is 0.103. The fourth-order valence-corrected chi connectivity index (χ4v) is 9.24. The van der Waals surface area contributed by atoms with Gasteiger partial charge in [0.25, 0.3) is 0 Å². The number of thiophene rings is 2. The number of sulfonamides is 1. The van der Waals surface area contributed by atoms with Gasteiger partial charge in [0.05, 0.1) is 25.0 Å². The van der Waals surface area contributed by atoms with Crippen LogP contribution in [0.1, 0.15) is 28.4 Å². The number of ketones is 1. The standard InChI is InChI=1S/C41H35BrN2O5S3/c1-41(48-37-27-50-39-19-11-9-17-32(37)39,49-38-28-51-40-20-12-10-18-33(38)40)43(24-29-13-5-3-6-14-29)26-36(45)31-21-22-34(42)35(23-31)44(52(2,46)47)25-30-15-7-4-8-16-30/h3-23,27-28H,24-26H2,1-2H3.